The van der Waals surface area contributed by atoms with E-state index >= 15 is 0 Å². The van der Waals surface area contributed by atoms with E-state index in [2.05, 4.69) is 73.7 Å². The third kappa shape index (κ3) is 6.80. The fourth-order valence-electron chi connectivity index (χ4n) is 2.42. The second-order valence-electron chi connectivity index (χ2n) is 5.58. The van der Waals surface area contributed by atoms with Crippen molar-refractivity contribution in [2.24, 2.45) is 12.0 Å². The third-order valence-corrected chi connectivity index (χ3v) is 4.12. The minimum atomic E-state index is 0. The first-order valence-electron chi connectivity index (χ1n) is 7.72. The Bertz CT molecular complexity index is 639. The minimum Gasteiger partial charge on any atom is -0.356 e. The van der Waals surface area contributed by atoms with Crippen LogP contribution >= 0.6 is 39.9 Å². The van der Waals surface area contributed by atoms with Crippen LogP contribution in [0.3, 0.4) is 0 Å². The summed E-state index contributed by atoms with van der Waals surface area (Å²) in [5, 5.41) is 7.61. The SMILES string of the molecule is CN=C(NCCCc1cnn(C)c1)N(C)Cc1ccc(Br)cc1.I. The largest absolute Gasteiger partial charge is 0.356 e. The van der Waals surface area contributed by atoms with E-state index in [0.717, 1.165) is 36.4 Å². The lowest BCUT2D eigenvalue weighted by molar-refractivity contribution is 0.476. The van der Waals surface area contributed by atoms with E-state index in [9.17, 15) is 0 Å². The summed E-state index contributed by atoms with van der Waals surface area (Å²) in [6, 6.07) is 8.37. The number of halogens is 2. The standard InChI is InChI=1S/C17H24BrN5.HI/c1-19-17(20-10-4-5-15-11-21-23(3)13-15)22(2)12-14-6-8-16(18)9-7-14;/h6-9,11,13H,4-5,10,12H2,1-3H3,(H,19,20);1H. The number of guanidine groups is 1. The summed E-state index contributed by atoms with van der Waals surface area (Å²) in [6.45, 7) is 1.72. The molecular formula is C17H25BrIN5. The van der Waals surface area contributed by atoms with E-state index in [1.807, 2.05) is 25.0 Å². The van der Waals surface area contributed by atoms with Crippen molar-refractivity contribution in [2.75, 3.05) is 20.6 Å². The highest BCUT2D eigenvalue weighted by molar-refractivity contribution is 14.0. The second kappa shape index (κ2) is 10.7. The number of aryl methyl sites for hydroxylation is 2. The molecule has 0 bridgehead atoms. The van der Waals surface area contributed by atoms with E-state index in [1.54, 1.807) is 0 Å². The molecule has 0 unspecified atom stereocenters. The molecule has 7 heteroatoms. The van der Waals surface area contributed by atoms with Gasteiger partial charge >= 0.3 is 0 Å². The molecule has 0 saturated carbocycles. The van der Waals surface area contributed by atoms with Crippen LogP contribution in [-0.2, 0) is 20.0 Å². The van der Waals surface area contributed by atoms with Crippen LogP contribution in [0.25, 0.3) is 0 Å². The maximum Gasteiger partial charge on any atom is 0.193 e. The number of benzene rings is 1. The molecule has 24 heavy (non-hydrogen) atoms. The average Bonchev–Trinajstić information content (AvgIpc) is 2.95. The summed E-state index contributed by atoms with van der Waals surface area (Å²) in [4.78, 5) is 6.49. The highest BCUT2D eigenvalue weighted by Gasteiger charge is 2.06. The molecule has 1 N–H and O–H groups in total. The fraction of sp³-hybridized carbons (Fsp3) is 0.412. The van der Waals surface area contributed by atoms with Crippen molar-refractivity contribution in [3.63, 3.8) is 0 Å². The molecule has 0 radical (unpaired) electrons. The number of aromatic nitrogens is 2. The predicted octanol–water partition coefficient (Wildman–Crippen LogP) is 3.44. The Labute approximate surface area is 169 Å². The first-order chi connectivity index (χ1) is 11.1. The molecular weight excluding hydrogens is 481 g/mol. The summed E-state index contributed by atoms with van der Waals surface area (Å²) in [5.74, 6) is 0.916. The average molecular weight is 506 g/mol. The summed E-state index contributed by atoms with van der Waals surface area (Å²) < 4.78 is 2.94. The number of aliphatic imine (C=N–C) groups is 1. The number of rotatable bonds is 6. The van der Waals surface area contributed by atoms with Crippen molar-refractivity contribution in [2.45, 2.75) is 19.4 Å². The molecule has 2 rings (SSSR count). The highest BCUT2D eigenvalue weighted by atomic mass is 127. The van der Waals surface area contributed by atoms with E-state index in [1.165, 1.54) is 11.1 Å². The maximum atomic E-state index is 4.36. The van der Waals surface area contributed by atoms with Crippen LogP contribution in [0, 0.1) is 0 Å². The monoisotopic (exact) mass is 505 g/mol. The summed E-state index contributed by atoms with van der Waals surface area (Å²) in [6.07, 6.45) is 6.06. The summed E-state index contributed by atoms with van der Waals surface area (Å²) in [7, 11) is 5.82. The molecule has 0 atom stereocenters. The molecule has 0 amide bonds. The zero-order valence-corrected chi connectivity index (χ0v) is 18.3. The lowest BCUT2D eigenvalue weighted by Crippen LogP contribution is -2.38. The normalized spacial score (nSPS) is 11.1. The fourth-order valence-corrected chi connectivity index (χ4v) is 2.68. The van der Waals surface area contributed by atoms with Gasteiger partial charge in [0.05, 0.1) is 6.20 Å². The molecule has 132 valence electrons. The molecule has 0 fully saturated rings. The van der Waals surface area contributed by atoms with Gasteiger partial charge in [-0.1, -0.05) is 28.1 Å². The molecule has 2 aromatic rings. The number of nitrogens with zero attached hydrogens (tertiary/aromatic N) is 4. The van der Waals surface area contributed by atoms with Gasteiger partial charge in [-0.15, -0.1) is 24.0 Å². The first kappa shape index (κ1) is 21.0. The zero-order chi connectivity index (χ0) is 16.7. The Hall–Kier alpha value is -1.09. The van der Waals surface area contributed by atoms with Crippen LogP contribution in [0.4, 0.5) is 0 Å². The van der Waals surface area contributed by atoms with Crippen LogP contribution in [0.2, 0.25) is 0 Å². The van der Waals surface area contributed by atoms with Gasteiger partial charge in [0, 0.05) is 44.9 Å². The first-order valence-corrected chi connectivity index (χ1v) is 8.51. The van der Waals surface area contributed by atoms with Gasteiger partial charge in [-0.2, -0.15) is 5.10 Å². The lowest BCUT2D eigenvalue weighted by atomic mass is 10.2. The van der Waals surface area contributed by atoms with Gasteiger partial charge in [0.2, 0.25) is 0 Å². The molecule has 0 saturated heterocycles. The van der Waals surface area contributed by atoms with Crippen molar-refractivity contribution in [3.8, 4) is 0 Å². The van der Waals surface area contributed by atoms with Crippen molar-refractivity contribution < 1.29 is 0 Å². The van der Waals surface area contributed by atoms with Gasteiger partial charge in [0.25, 0.3) is 0 Å². The second-order valence-corrected chi connectivity index (χ2v) is 6.50. The predicted molar refractivity (Wildman–Crippen MR) is 114 cm³/mol. The molecule has 0 aliphatic rings. The highest BCUT2D eigenvalue weighted by Crippen LogP contribution is 2.11. The van der Waals surface area contributed by atoms with Gasteiger partial charge < -0.3 is 10.2 Å². The Kier molecular flexibility index (Phi) is 9.35. The summed E-state index contributed by atoms with van der Waals surface area (Å²) >= 11 is 3.46. The third-order valence-electron chi connectivity index (χ3n) is 3.59. The molecule has 0 spiro atoms. The van der Waals surface area contributed by atoms with E-state index < -0.39 is 0 Å². The Morgan fingerprint density at radius 3 is 2.58 bits per heavy atom. The summed E-state index contributed by atoms with van der Waals surface area (Å²) in [5.41, 5.74) is 2.53. The molecule has 1 aromatic heterocycles. The van der Waals surface area contributed by atoms with Crippen molar-refractivity contribution >= 4 is 45.9 Å². The van der Waals surface area contributed by atoms with E-state index in [4.69, 9.17) is 0 Å². The van der Waals surface area contributed by atoms with E-state index in [-0.39, 0.29) is 24.0 Å². The van der Waals surface area contributed by atoms with E-state index in [0.29, 0.717) is 0 Å². The van der Waals surface area contributed by atoms with Crippen LogP contribution < -0.4 is 5.32 Å². The van der Waals surface area contributed by atoms with Gasteiger partial charge in [-0.05, 0) is 36.1 Å². The Morgan fingerprint density at radius 1 is 1.29 bits per heavy atom. The van der Waals surface area contributed by atoms with Crippen LogP contribution in [0.1, 0.15) is 17.5 Å². The van der Waals surface area contributed by atoms with Gasteiger partial charge in [0.1, 0.15) is 0 Å². The molecule has 1 aromatic carbocycles. The number of hydrogen-bond acceptors (Lipinski definition) is 2. The molecule has 1 heterocycles. The maximum absolute atomic E-state index is 4.36. The van der Waals surface area contributed by atoms with Crippen molar-refractivity contribution in [1.82, 2.24) is 20.0 Å². The molecule has 5 nitrogen and oxygen atoms in total. The van der Waals surface area contributed by atoms with Crippen molar-refractivity contribution in [1.29, 1.82) is 0 Å². The zero-order valence-electron chi connectivity index (χ0n) is 14.4. The van der Waals surface area contributed by atoms with Gasteiger partial charge in [0.15, 0.2) is 5.96 Å². The van der Waals surface area contributed by atoms with Gasteiger partial charge in [-0.25, -0.2) is 0 Å². The molecule has 0 aliphatic carbocycles. The Morgan fingerprint density at radius 2 is 2.00 bits per heavy atom. The van der Waals surface area contributed by atoms with Crippen LogP contribution in [0.5, 0.6) is 0 Å². The molecule has 0 aliphatic heterocycles. The van der Waals surface area contributed by atoms with Crippen LogP contribution in [-0.4, -0.2) is 41.3 Å². The Balaban J connectivity index is 0.00000288. The quantitative estimate of drug-likeness (QED) is 0.283. The van der Waals surface area contributed by atoms with Gasteiger partial charge in [-0.3, -0.25) is 9.67 Å². The minimum absolute atomic E-state index is 0. The lowest BCUT2D eigenvalue weighted by Gasteiger charge is -2.22. The number of hydrogen-bond donors (Lipinski definition) is 1. The van der Waals surface area contributed by atoms with Crippen LogP contribution in [0.15, 0.2) is 46.1 Å². The smallest absolute Gasteiger partial charge is 0.193 e. The number of nitrogens with one attached hydrogen (secondary N) is 1. The topological polar surface area (TPSA) is 45.5 Å². The van der Waals surface area contributed by atoms with Crippen molar-refractivity contribution in [3.05, 3.63) is 52.3 Å².